The number of carbonyl (C=O) groups is 1. The molecule has 5 heteroatoms. The van der Waals surface area contributed by atoms with Crippen molar-refractivity contribution >= 4 is 17.3 Å². The lowest BCUT2D eigenvalue weighted by molar-refractivity contribution is -0.110. The Kier molecular flexibility index (Phi) is 4.04. The predicted molar refractivity (Wildman–Crippen MR) is 64.6 cm³/mol. The second-order valence-electron chi connectivity index (χ2n) is 4.04. The SMILES string of the molecule is O=C[C@H]1CCCN1S(=O)c1ccc(CO)cc1. The van der Waals surface area contributed by atoms with Crippen LogP contribution >= 0.6 is 0 Å². The summed E-state index contributed by atoms with van der Waals surface area (Å²) in [6, 6.07) is 6.75. The van der Waals surface area contributed by atoms with Crippen molar-refractivity contribution in [2.45, 2.75) is 30.4 Å². The highest BCUT2D eigenvalue weighted by Crippen LogP contribution is 2.22. The van der Waals surface area contributed by atoms with Gasteiger partial charge in [0.1, 0.15) is 17.3 Å². The van der Waals surface area contributed by atoms with Crippen LogP contribution in [0.4, 0.5) is 0 Å². The highest BCUT2D eigenvalue weighted by atomic mass is 32.2. The van der Waals surface area contributed by atoms with Crippen molar-refractivity contribution in [2.75, 3.05) is 6.54 Å². The van der Waals surface area contributed by atoms with E-state index in [1.807, 2.05) is 0 Å². The first-order chi connectivity index (χ1) is 8.26. The van der Waals surface area contributed by atoms with E-state index in [0.717, 1.165) is 24.7 Å². The first kappa shape index (κ1) is 12.4. The summed E-state index contributed by atoms with van der Waals surface area (Å²) in [6.45, 7) is 0.672. The number of benzene rings is 1. The molecule has 1 aliphatic heterocycles. The van der Waals surface area contributed by atoms with Crippen LogP contribution < -0.4 is 0 Å². The fourth-order valence-electron chi connectivity index (χ4n) is 1.95. The third kappa shape index (κ3) is 2.62. The molecule has 1 N–H and O–H groups in total. The summed E-state index contributed by atoms with van der Waals surface area (Å²) in [5.41, 5.74) is 0.791. The molecule has 0 aromatic heterocycles. The van der Waals surface area contributed by atoms with E-state index >= 15 is 0 Å². The highest BCUT2D eigenvalue weighted by Gasteiger charge is 2.29. The normalized spacial score (nSPS) is 22.5. The van der Waals surface area contributed by atoms with Crippen molar-refractivity contribution in [3.8, 4) is 0 Å². The van der Waals surface area contributed by atoms with E-state index in [1.54, 1.807) is 28.6 Å². The second-order valence-corrected chi connectivity index (χ2v) is 5.48. The van der Waals surface area contributed by atoms with Crippen molar-refractivity contribution in [3.05, 3.63) is 29.8 Å². The fourth-order valence-corrected chi connectivity index (χ4v) is 3.29. The zero-order valence-electron chi connectivity index (χ0n) is 9.41. The molecule has 2 atom stereocenters. The van der Waals surface area contributed by atoms with E-state index in [9.17, 15) is 9.00 Å². The topological polar surface area (TPSA) is 57.6 Å². The predicted octanol–water partition coefficient (Wildman–Crippen LogP) is 0.865. The van der Waals surface area contributed by atoms with E-state index in [-0.39, 0.29) is 12.6 Å². The monoisotopic (exact) mass is 253 g/mol. The zero-order chi connectivity index (χ0) is 12.3. The van der Waals surface area contributed by atoms with Crippen LogP contribution in [-0.4, -0.2) is 32.5 Å². The third-order valence-electron chi connectivity index (χ3n) is 2.93. The van der Waals surface area contributed by atoms with Gasteiger partial charge < -0.3 is 9.90 Å². The van der Waals surface area contributed by atoms with Crippen LogP contribution in [0.25, 0.3) is 0 Å². The van der Waals surface area contributed by atoms with Crippen LogP contribution in [-0.2, 0) is 22.4 Å². The number of hydrogen-bond acceptors (Lipinski definition) is 3. The van der Waals surface area contributed by atoms with E-state index in [2.05, 4.69) is 0 Å². The van der Waals surface area contributed by atoms with Crippen molar-refractivity contribution in [1.29, 1.82) is 0 Å². The minimum Gasteiger partial charge on any atom is -0.392 e. The number of hydrogen-bond donors (Lipinski definition) is 1. The van der Waals surface area contributed by atoms with Crippen LogP contribution in [0, 0.1) is 0 Å². The molecule has 0 amide bonds. The molecular formula is C12H15NO3S. The number of carbonyl (C=O) groups excluding carboxylic acids is 1. The lowest BCUT2D eigenvalue weighted by atomic mass is 10.2. The summed E-state index contributed by atoms with van der Waals surface area (Å²) < 4.78 is 14.0. The third-order valence-corrected chi connectivity index (χ3v) is 4.48. The van der Waals surface area contributed by atoms with E-state index in [4.69, 9.17) is 5.11 Å². The lowest BCUT2D eigenvalue weighted by Gasteiger charge is -2.18. The molecule has 0 bridgehead atoms. The Hall–Kier alpha value is -1.04. The number of aliphatic hydroxyl groups excluding tert-OH is 1. The summed E-state index contributed by atoms with van der Waals surface area (Å²) in [7, 11) is -1.28. The quantitative estimate of drug-likeness (QED) is 0.810. The Morgan fingerprint density at radius 1 is 1.41 bits per heavy atom. The first-order valence-corrected chi connectivity index (χ1v) is 6.70. The number of nitrogens with zero attached hydrogens (tertiary/aromatic N) is 1. The summed E-state index contributed by atoms with van der Waals surface area (Å²) in [5, 5.41) is 8.93. The van der Waals surface area contributed by atoms with E-state index in [0.29, 0.717) is 11.4 Å². The average molecular weight is 253 g/mol. The Balaban J connectivity index is 2.15. The number of rotatable bonds is 4. The molecule has 4 nitrogen and oxygen atoms in total. The van der Waals surface area contributed by atoms with Crippen LogP contribution in [0.5, 0.6) is 0 Å². The van der Waals surface area contributed by atoms with Gasteiger partial charge in [0.2, 0.25) is 0 Å². The Morgan fingerprint density at radius 3 is 2.71 bits per heavy atom. The van der Waals surface area contributed by atoms with Crippen LogP contribution in [0.15, 0.2) is 29.2 Å². The number of aliphatic hydroxyl groups is 1. The van der Waals surface area contributed by atoms with Gasteiger partial charge in [-0.05, 0) is 30.5 Å². The minimum absolute atomic E-state index is 0.0202. The summed E-state index contributed by atoms with van der Waals surface area (Å²) >= 11 is 0. The summed E-state index contributed by atoms with van der Waals surface area (Å²) in [5.74, 6) is 0. The molecule has 1 heterocycles. The van der Waals surface area contributed by atoms with Gasteiger partial charge in [-0.2, -0.15) is 0 Å². The standard InChI is InChI=1S/C12H15NO3S/c14-8-10-3-5-12(6-4-10)17(16)13-7-1-2-11(13)9-15/h3-6,9,11,14H,1-2,7-8H2/t11-,17?/m1/s1. The zero-order valence-corrected chi connectivity index (χ0v) is 10.2. The van der Waals surface area contributed by atoms with Gasteiger partial charge in [-0.15, -0.1) is 0 Å². The molecule has 1 fully saturated rings. The molecule has 2 rings (SSSR count). The van der Waals surface area contributed by atoms with Gasteiger partial charge in [-0.1, -0.05) is 12.1 Å². The van der Waals surface area contributed by atoms with Crippen molar-refractivity contribution in [1.82, 2.24) is 4.31 Å². The van der Waals surface area contributed by atoms with Gasteiger partial charge in [0, 0.05) is 6.54 Å². The summed E-state index contributed by atoms with van der Waals surface area (Å²) in [6.07, 6.45) is 2.56. The Labute approximate surface area is 103 Å². The van der Waals surface area contributed by atoms with Gasteiger partial charge in [-0.25, -0.2) is 8.51 Å². The fraction of sp³-hybridized carbons (Fsp3) is 0.417. The second kappa shape index (κ2) is 5.53. The Bertz CT molecular complexity index is 418. The molecule has 1 saturated heterocycles. The molecule has 92 valence electrons. The maximum Gasteiger partial charge on any atom is 0.138 e. The molecule has 1 unspecified atom stereocenters. The van der Waals surface area contributed by atoms with Gasteiger partial charge in [0.05, 0.1) is 17.5 Å². The molecule has 0 spiro atoms. The molecular weight excluding hydrogens is 238 g/mol. The maximum atomic E-state index is 12.2. The Morgan fingerprint density at radius 2 is 2.12 bits per heavy atom. The van der Waals surface area contributed by atoms with E-state index in [1.165, 1.54) is 0 Å². The minimum atomic E-state index is -1.28. The van der Waals surface area contributed by atoms with Gasteiger partial charge in [0.25, 0.3) is 0 Å². The molecule has 0 aliphatic carbocycles. The van der Waals surface area contributed by atoms with Crippen LogP contribution in [0.1, 0.15) is 18.4 Å². The highest BCUT2D eigenvalue weighted by molar-refractivity contribution is 7.82. The van der Waals surface area contributed by atoms with Crippen molar-refractivity contribution in [3.63, 3.8) is 0 Å². The van der Waals surface area contributed by atoms with Crippen molar-refractivity contribution < 1.29 is 14.1 Å². The van der Waals surface area contributed by atoms with E-state index < -0.39 is 11.0 Å². The van der Waals surface area contributed by atoms with Crippen LogP contribution in [0.3, 0.4) is 0 Å². The van der Waals surface area contributed by atoms with Gasteiger partial charge in [-0.3, -0.25) is 0 Å². The average Bonchev–Trinajstić information content (AvgIpc) is 2.86. The molecule has 1 aliphatic rings. The smallest absolute Gasteiger partial charge is 0.138 e. The molecule has 1 aromatic carbocycles. The number of aldehydes is 1. The lowest BCUT2D eigenvalue weighted by Crippen LogP contribution is -2.32. The van der Waals surface area contributed by atoms with Gasteiger partial charge in [0.15, 0.2) is 0 Å². The molecule has 17 heavy (non-hydrogen) atoms. The van der Waals surface area contributed by atoms with Gasteiger partial charge >= 0.3 is 0 Å². The molecule has 0 radical (unpaired) electrons. The van der Waals surface area contributed by atoms with Crippen molar-refractivity contribution in [2.24, 2.45) is 0 Å². The largest absolute Gasteiger partial charge is 0.392 e. The van der Waals surface area contributed by atoms with Crippen LogP contribution in [0.2, 0.25) is 0 Å². The summed E-state index contributed by atoms with van der Waals surface area (Å²) in [4.78, 5) is 11.5. The first-order valence-electron chi connectivity index (χ1n) is 5.60. The molecule has 0 saturated carbocycles. The molecule has 1 aromatic rings. The maximum absolute atomic E-state index is 12.2.